The molecule has 0 aromatic heterocycles. The Morgan fingerprint density at radius 1 is 1.06 bits per heavy atom. The number of aryl methyl sites for hydroxylation is 1. The summed E-state index contributed by atoms with van der Waals surface area (Å²) < 4.78 is 27.7. The van der Waals surface area contributed by atoms with Gasteiger partial charge in [-0.2, -0.15) is 0 Å². The molecule has 1 nitrogen and oxygen atoms in total. The first kappa shape index (κ1) is 12.9. The Labute approximate surface area is 112 Å². The fourth-order valence-corrected chi connectivity index (χ4v) is 2.08. The third-order valence-electron chi connectivity index (χ3n) is 2.61. The van der Waals surface area contributed by atoms with Gasteiger partial charge in [0.25, 0.3) is 0 Å². The van der Waals surface area contributed by atoms with Gasteiger partial charge >= 0.3 is 0 Å². The molecule has 0 heterocycles. The molecule has 0 aliphatic rings. The van der Waals surface area contributed by atoms with Gasteiger partial charge in [0.05, 0.1) is 5.56 Å². The number of hydrogen-bond acceptors (Lipinski definition) is 1. The van der Waals surface area contributed by atoms with Crippen molar-refractivity contribution in [1.29, 1.82) is 0 Å². The van der Waals surface area contributed by atoms with E-state index in [0.29, 0.717) is 10.0 Å². The van der Waals surface area contributed by atoms with Gasteiger partial charge < -0.3 is 0 Å². The van der Waals surface area contributed by atoms with E-state index in [9.17, 15) is 13.6 Å². The van der Waals surface area contributed by atoms with Crippen LogP contribution in [0.2, 0.25) is 0 Å². The van der Waals surface area contributed by atoms with Crippen molar-refractivity contribution in [1.82, 2.24) is 0 Å². The lowest BCUT2D eigenvalue weighted by molar-refractivity contribution is 0.103. The predicted molar refractivity (Wildman–Crippen MR) is 68.7 cm³/mol. The molecule has 0 spiro atoms. The predicted octanol–water partition coefficient (Wildman–Crippen LogP) is 4.27. The molecule has 2 aromatic carbocycles. The molecule has 0 saturated heterocycles. The Balaban J connectivity index is 2.53. The Morgan fingerprint density at radius 2 is 1.72 bits per heavy atom. The highest BCUT2D eigenvalue weighted by Crippen LogP contribution is 2.22. The zero-order valence-corrected chi connectivity index (χ0v) is 11.1. The highest BCUT2D eigenvalue weighted by molar-refractivity contribution is 9.10. The van der Waals surface area contributed by atoms with E-state index in [-0.39, 0.29) is 11.1 Å². The topological polar surface area (TPSA) is 17.1 Å². The van der Waals surface area contributed by atoms with Crippen LogP contribution < -0.4 is 0 Å². The Hall–Kier alpha value is -1.55. The van der Waals surface area contributed by atoms with Gasteiger partial charge in [-0.05, 0) is 36.8 Å². The van der Waals surface area contributed by atoms with Crippen LogP contribution >= 0.6 is 15.9 Å². The van der Waals surface area contributed by atoms with E-state index in [1.165, 1.54) is 6.92 Å². The number of hydrogen-bond donors (Lipinski definition) is 0. The van der Waals surface area contributed by atoms with Crippen LogP contribution in [-0.2, 0) is 0 Å². The van der Waals surface area contributed by atoms with Crippen molar-refractivity contribution < 1.29 is 13.6 Å². The molecule has 0 aliphatic heterocycles. The van der Waals surface area contributed by atoms with Crippen LogP contribution in [0.25, 0.3) is 0 Å². The van der Waals surface area contributed by atoms with Gasteiger partial charge in [-0.1, -0.05) is 28.1 Å². The fraction of sp³-hybridized carbons (Fsp3) is 0.0714. The SMILES string of the molecule is Cc1cc(F)c(C(=O)c2ccccc2Br)cc1F. The highest BCUT2D eigenvalue weighted by Gasteiger charge is 2.18. The zero-order chi connectivity index (χ0) is 13.3. The average molecular weight is 311 g/mol. The Kier molecular flexibility index (Phi) is 3.57. The first-order chi connectivity index (χ1) is 8.50. The number of rotatable bonds is 2. The maximum Gasteiger partial charge on any atom is 0.197 e. The minimum absolute atomic E-state index is 0.177. The van der Waals surface area contributed by atoms with Crippen LogP contribution in [-0.4, -0.2) is 5.78 Å². The lowest BCUT2D eigenvalue weighted by atomic mass is 10.0. The Morgan fingerprint density at radius 3 is 2.39 bits per heavy atom. The van der Waals surface area contributed by atoms with Gasteiger partial charge in [0, 0.05) is 10.0 Å². The molecule has 0 atom stereocenters. The number of ketones is 1. The Bertz CT molecular complexity index is 623. The summed E-state index contributed by atoms with van der Waals surface area (Å²) >= 11 is 3.21. The molecule has 92 valence electrons. The molecular weight excluding hydrogens is 302 g/mol. The van der Waals surface area contributed by atoms with Crippen LogP contribution in [0.5, 0.6) is 0 Å². The zero-order valence-electron chi connectivity index (χ0n) is 9.51. The first-order valence-corrected chi connectivity index (χ1v) is 6.05. The van der Waals surface area contributed by atoms with E-state index >= 15 is 0 Å². The molecule has 2 aromatic rings. The van der Waals surface area contributed by atoms with E-state index in [2.05, 4.69) is 15.9 Å². The van der Waals surface area contributed by atoms with Crippen LogP contribution in [0.1, 0.15) is 21.5 Å². The number of carbonyl (C=O) groups is 1. The van der Waals surface area contributed by atoms with Crippen molar-refractivity contribution in [3.05, 3.63) is 69.2 Å². The van der Waals surface area contributed by atoms with Gasteiger partial charge in [0.15, 0.2) is 5.78 Å². The summed E-state index contributed by atoms with van der Waals surface area (Å²) in [7, 11) is 0. The molecular formula is C14H9BrF2O. The normalized spacial score (nSPS) is 10.4. The number of benzene rings is 2. The van der Waals surface area contributed by atoms with Crippen molar-refractivity contribution in [2.24, 2.45) is 0 Å². The summed E-state index contributed by atoms with van der Waals surface area (Å²) in [4.78, 5) is 12.1. The molecule has 0 aliphatic carbocycles. The van der Waals surface area contributed by atoms with Gasteiger partial charge in [0.1, 0.15) is 11.6 Å². The van der Waals surface area contributed by atoms with Crippen LogP contribution in [0, 0.1) is 18.6 Å². The fourth-order valence-electron chi connectivity index (χ4n) is 1.61. The number of halogens is 3. The van der Waals surface area contributed by atoms with Crippen LogP contribution in [0.4, 0.5) is 8.78 Å². The van der Waals surface area contributed by atoms with E-state index < -0.39 is 17.4 Å². The lowest BCUT2D eigenvalue weighted by Crippen LogP contribution is -2.06. The maximum absolute atomic E-state index is 13.7. The third kappa shape index (κ3) is 2.34. The van der Waals surface area contributed by atoms with Crippen molar-refractivity contribution in [2.75, 3.05) is 0 Å². The standard InChI is InChI=1S/C14H9BrF2O/c1-8-6-13(17)10(7-12(8)16)14(18)9-4-2-3-5-11(9)15/h2-7H,1H3. The van der Waals surface area contributed by atoms with E-state index in [0.717, 1.165) is 12.1 Å². The lowest BCUT2D eigenvalue weighted by Gasteiger charge is -2.06. The smallest absolute Gasteiger partial charge is 0.197 e. The van der Waals surface area contributed by atoms with Gasteiger partial charge in [-0.15, -0.1) is 0 Å². The molecule has 0 radical (unpaired) electrons. The molecule has 0 unspecified atom stereocenters. The van der Waals surface area contributed by atoms with E-state index in [1.54, 1.807) is 24.3 Å². The van der Waals surface area contributed by atoms with Gasteiger partial charge in [-0.3, -0.25) is 4.79 Å². The summed E-state index contributed by atoms with van der Waals surface area (Å²) in [6.07, 6.45) is 0. The second-order valence-electron chi connectivity index (χ2n) is 3.89. The molecule has 0 fully saturated rings. The minimum Gasteiger partial charge on any atom is -0.288 e. The minimum atomic E-state index is -0.713. The largest absolute Gasteiger partial charge is 0.288 e. The second-order valence-corrected chi connectivity index (χ2v) is 4.74. The summed E-state index contributed by atoms with van der Waals surface area (Å²) in [6, 6.07) is 8.61. The molecule has 4 heteroatoms. The molecule has 18 heavy (non-hydrogen) atoms. The third-order valence-corrected chi connectivity index (χ3v) is 3.30. The van der Waals surface area contributed by atoms with Crippen LogP contribution in [0.3, 0.4) is 0 Å². The second kappa shape index (κ2) is 4.98. The first-order valence-electron chi connectivity index (χ1n) is 5.25. The summed E-state index contributed by atoms with van der Waals surface area (Å²) in [6.45, 7) is 1.45. The van der Waals surface area contributed by atoms with Gasteiger partial charge in [0.2, 0.25) is 0 Å². The van der Waals surface area contributed by atoms with E-state index in [4.69, 9.17) is 0 Å². The van der Waals surface area contributed by atoms with Crippen molar-refractivity contribution in [2.45, 2.75) is 6.92 Å². The molecule has 0 saturated carbocycles. The van der Waals surface area contributed by atoms with Crippen molar-refractivity contribution >= 4 is 21.7 Å². The van der Waals surface area contributed by atoms with Crippen LogP contribution in [0.15, 0.2) is 40.9 Å². The quantitative estimate of drug-likeness (QED) is 0.757. The monoisotopic (exact) mass is 310 g/mol. The highest BCUT2D eigenvalue weighted by atomic mass is 79.9. The molecule has 0 bridgehead atoms. The summed E-state index contributed by atoms with van der Waals surface area (Å²) in [5, 5.41) is 0. The van der Waals surface area contributed by atoms with Crippen molar-refractivity contribution in [3.8, 4) is 0 Å². The summed E-state index contributed by atoms with van der Waals surface area (Å²) in [5.74, 6) is -1.85. The molecule has 2 rings (SSSR count). The van der Waals surface area contributed by atoms with Gasteiger partial charge in [-0.25, -0.2) is 8.78 Å². The van der Waals surface area contributed by atoms with Crippen molar-refractivity contribution in [3.63, 3.8) is 0 Å². The average Bonchev–Trinajstić information content (AvgIpc) is 2.33. The van der Waals surface area contributed by atoms with E-state index in [1.807, 2.05) is 0 Å². The maximum atomic E-state index is 13.7. The molecule has 0 amide bonds. The molecule has 0 N–H and O–H groups in total. The number of carbonyl (C=O) groups excluding carboxylic acids is 1. The summed E-state index contributed by atoms with van der Waals surface area (Å²) in [5.41, 5.74) is 0.223.